The molecule has 4 heteroatoms. The Hall–Kier alpha value is -1.16. The lowest BCUT2D eigenvalue weighted by Crippen LogP contribution is -2.20. The van der Waals surface area contributed by atoms with Gasteiger partial charge in [0.15, 0.2) is 5.78 Å². The molecule has 0 atom stereocenters. The standard InChI is InChI=1S/C12H21N3O/c1-4-11(5-2)15-7-6-10(14-15)8-12(16)9-13-3/h6-7,11,13H,4-5,8-9H2,1-3H3. The van der Waals surface area contributed by atoms with E-state index in [2.05, 4.69) is 24.3 Å². The van der Waals surface area contributed by atoms with Crippen LogP contribution in [0.25, 0.3) is 0 Å². The number of hydrogen-bond acceptors (Lipinski definition) is 3. The number of nitrogens with one attached hydrogen (secondary N) is 1. The minimum absolute atomic E-state index is 0.178. The van der Waals surface area contributed by atoms with E-state index in [1.807, 2.05) is 16.9 Å². The summed E-state index contributed by atoms with van der Waals surface area (Å²) < 4.78 is 1.97. The van der Waals surface area contributed by atoms with Crippen molar-refractivity contribution in [3.63, 3.8) is 0 Å². The number of ketones is 1. The summed E-state index contributed by atoms with van der Waals surface area (Å²) in [5.41, 5.74) is 0.868. The zero-order chi connectivity index (χ0) is 12.0. The number of likely N-dealkylation sites (N-methyl/N-ethyl adjacent to an activating group) is 1. The SMILES string of the molecule is CCC(CC)n1ccc(CC(=O)CNC)n1. The summed E-state index contributed by atoms with van der Waals surface area (Å²) in [6, 6.07) is 2.39. The highest BCUT2D eigenvalue weighted by Crippen LogP contribution is 2.14. The van der Waals surface area contributed by atoms with Crippen LogP contribution in [-0.2, 0) is 11.2 Å². The van der Waals surface area contributed by atoms with Gasteiger partial charge < -0.3 is 5.32 Å². The van der Waals surface area contributed by atoms with Crippen LogP contribution in [0.15, 0.2) is 12.3 Å². The summed E-state index contributed by atoms with van der Waals surface area (Å²) in [7, 11) is 1.78. The largest absolute Gasteiger partial charge is 0.313 e. The Morgan fingerprint density at radius 2 is 2.19 bits per heavy atom. The van der Waals surface area contributed by atoms with E-state index < -0.39 is 0 Å². The van der Waals surface area contributed by atoms with Gasteiger partial charge in [0.05, 0.1) is 24.7 Å². The lowest BCUT2D eigenvalue weighted by atomic mass is 10.2. The molecule has 1 N–H and O–H groups in total. The van der Waals surface area contributed by atoms with Gasteiger partial charge in [0, 0.05) is 6.20 Å². The molecule has 0 aliphatic heterocycles. The smallest absolute Gasteiger partial charge is 0.152 e. The second-order valence-electron chi connectivity index (χ2n) is 4.00. The van der Waals surface area contributed by atoms with Gasteiger partial charge in [-0.15, -0.1) is 0 Å². The van der Waals surface area contributed by atoms with E-state index in [0.717, 1.165) is 18.5 Å². The third-order valence-electron chi connectivity index (χ3n) is 2.73. The highest BCUT2D eigenvalue weighted by Gasteiger charge is 2.09. The topological polar surface area (TPSA) is 46.9 Å². The average Bonchev–Trinajstić information content (AvgIpc) is 2.68. The van der Waals surface area contributed by atoms with Crippen molar-refractivity contribution in [2.75, 3.05) is 13.6 Å². The first kappa shape index (κ1) is 12.9. The van der Waals surface area contributed by atoms with Crippen LogP contribution < -0.4 is 5.32 Å². The van der Waals surface area contributed by atoms with Gasteiger partial charge in [0.2, 0.25) is 0 Å². The van der Waals surface area contributed by atoms with Crippen molar-refractivity contribution in [2.45, 2.75) is 39.2 Å². The first-order valence-corrected chi connectivity index (χ1v) is 5.91. The number of hydrogen-bond donors (Lipinski definition) is 1. The fourth-order valence-corrected chi connectivity index (χ4v) is 1.80. The molecule has 0 aromatic carbocycles. The maximum Gasteiger partial charge on any atom is 0.152 e. The third-order valence-corrected chi connectivity index (χ3v) is 2.73. The van der Waals surface area contributed by atoms with Gasteiger partial charge in [-0.05, 0) is 26.0 Å². The average molecular weight is 223 g/mol. The van der Waals surface area contributed by atoms with Crippen LogP contribution in [0.5, 0.6) is 0 Å². The molecule has 1 aromatic heterocycles. The maximum atomic E-state index is 11.4. The van der Waals surface area contributed by atoms with Crippen molar-refractivity contribution in [2.24, 2.45) is 0 Å². The summed E-state index contributed by atoms with van der Waals surface area (Å²) >= 11 is 0. The molecule has 0 amide bonds. The Kier molecular flexibility index (Phi) is 5.19. The molecular formula is C12H21N3O. The van der Waals surface area contributed by atoms with Crippen molar-refractivity contribution in [3.05, 3.63) is 18.0 Å². The zero-order valence-corrected chi connectivity index (χ0v) is 10.4. The molecule has 0 aliphatic rings. The highest BCUT2D eigenvalue weighted by atomic mass is 16.1. The van der Waals surface area contributed by atoms with Gasteiger partial charge >= 0.3 is 0 Å². The van der Waals surface area contributed by atoms with Gasteiger partial charge in [-0.2, -0.15) is 5.10 Å². The molecule has 0 saturated heterocycles. The van der Waals surface area contributed by atoms with Gasteiger partial charge in [0.25, 0.3) is 0 Å². The number of nitrogens with zero attached hydrogens (tertiary/aromatic N) is 2. The molecule has 0 unspecified atom stereocenters. The monoisotopic (exact) mass is 223 g/mol. The van der Waals surface area contributed by atoms with Crippen LogP contribution >= 0.6 is 0 Å². The van der Waals surface area contributed by atoms with Crippen molar-refractivity contribution in [3.8, 4) is 0 Å². The molecule has 1 aromatic rings. The van der Waals surface area contributed by atoms with Crippen LogP contribution in [0.1, 0.15) is 38.4 Å². The van der Waals surface area contributed by atoms with Crippen LogP contribution in [0, 0.1) is 0 Å². The number of aromatic nitrogens is 2. The van der Waals surface area contributed by atoms with Gasteiger partial charge in [-0.1, -0.05) is 13.8 Å². The van der Waals surface area contributed by atoms with E-state index in [4.69, 9.17) is 0 Å². The van der Waals surface area contributed by atoms with E-state index in [-0.39, 0.29) is 5.78 Å². The summed E-state index contributed by atoms with van der Waals surface area (Å²) in [6.07, 6.45) is 4.54. The van der Waals surface area contributed by atoms with Crippen LogP contribution in [0.2, 0.25) is 0 Å². The Morgan fingerprint density at radius 1 is 1.50 bits per heavy atom. The summed E-state index contributed by atoms with van der Waals surface area (Å²) in [4.78, 5) is 11.4. The van der Waals surface area contributed by atoms with E-state index in [0.29, 0.717) is 19.0 Å². The summed E-state index contributed by atoms with van der Waals surface area (Å²) in [5, 5.41) is 7.30. The predicted octanol–water partition coefficient (Wildman–Crippen LogP) is 1.58. The lowest BCUT2D eigenvalue weighted by molar-refractivity contribution is -0.117. The van der Waals surface area contributed by atoms with Crippen molar-refractivity contribution in [1.29, 1.82) is 0 Å². The van der Waals surface area contributed by atoms with E-state index in [1.54, 1.807) is 7.05 Å². The van der Waals surface area contributed by atoms with Crippen molar-refractivity contribution >= 4 is 5.78 Å². The first-order chi connectivity index (χ1) is 7.71. The Morgan fingerprint density at radius 3 is 2.75 bits per heavy atom. The molecule has 1 heterocycles. The van der Waals surface area contributed by atoms with Crippen LogP contribution in [0.3, 0.4) is 0 Å². The highest BCUT2D eigenvalue weighted by molar-refractivity contribution is 5.82. The Bertz CT molecular complexity index is 329. The molecule has 0 radical (unpaired) electrons. The van der Waals surface area contributed by atoms with Gasteiger partial charge in [-0.25, -0.2) is 0 Å². The molecule has 4 nitrogen and oxygen atoms in total. The zero-order valence-electron chi connectivity index (χ0n) is 10.4. The minimum Gasteiger partial charge on any atom is -0.313 e. The minimum atomic E-state index is 0.178. The second kappa shape index (κ2) is 6.43. The normalized spacial score (nSPS) is 11.0. The predicted molar refractivity (Wildman–Crippen MR) is 64.5 cm³/mol. The molecule has 1 rings (SSSR count). The van der Waals surface area contributed by atoms with Gasteiger partial charge in [0.1, 0.15) is 0 Å². The molecule has 0 bridgehead atoms. The third kappa shape index (κ3) is 3.45. The fourth-order valence-electron chi connectivity index (χ4n) is 1.80. The quantitative estimate of drug-likeness (QED) is 0.763. The summed E-state index contributed by atoms with van der Waals surface area (Å²) in [5.74, 6) is 0.178. The van der Waals surface area contributed by atoms with Crippen LogP contribution in [0.4, 0.5) is 0 Å². The Balaban J connectivity index is 2.60. The fraction of sp³-hybridized carbons (Fsp3) is 0.667. The number of carbonyl (C=O) groups is 1. The van der Waals surface area contributed by atoms with E-state index in [9.17, 15) is 4.79 Å². The molecule has 0 fully saturated rings. The Labute approximate surface area is 97.0 Å². The van der Waals surface area contributed by atoms with Crippen molar-refractivity contribution in [1.82, 2.24) is 15.1 Å². The first-order valence-electron chi connectivity index (χ1n) is 5.91. The van der Waals surface area contributed by atoms with Crippen LogP contribution in [-0.4, -0.2) is 29.2 Å². The molecule has 16 heavy (non-hydrogen) atoms. The maximum absolute atomic E-state index is 11.4. The number of carbonyl (C=O) groups excluding carboxylic acids is 1. The van der Waals surface area contributed by atoms with Crippen molar-refractivity contribution < 1.29 is 4.79 Å². The molecule has 0 spiro atoms. The second-order valence-corrected chi connectivity index (χ2v) is 4.00. The number of rotatable bonds is 7. The summed E-state index contributed by atoms with van der Waals surface area (Å²) in [6.45, 7) is 4.72. The number of Topliss-reactive ketones (excluding diaryl/α,β-unsaturated/α-hetero) is 1. The molecular weight excluding hydrogens is 202 g/mol. The van der Waals surface area contributed by atoms with E-state index >= 15 is 0 Å². The molecule has 0 saturated carbocycles. The molecule has 90 valence electrons. The van der Waals surface area contributed by atoms with Gasteiger partial charge in [-0.3, -0.25) is 9.48 Å². The lowest BCUT2D eigenvalue weighted by Gasteiger charge is -2.12. The van der Waals surface area contributed by atoms with E-state index in [1.165, 1.54) is 0 Å². The molecule has 0 aliphatic carbocycles.